The van der Waals surface area contributed by atoms with Crippen LogP contribution in [-0.4, -0.2) is 13.0 Å². The first-order chi connectivity index (χ1) is 13.0. The van der Waals surface area contributed by atoms with Gasteiger partial charge in [-0.3, -0.25) is 4.79 Å². The quantitative estimate of drug-likeness (QED) is 0.614. The third kappa shape index (κ3) is 5.02. The number of hydrogen-bond donors (Lipinski definition) is 1. The molecule has 3 rings (SSSR count). The lowest BCUT2D eigenvalue weighted by Gasteiger charge is -2.13. The highest BCUT2D eigenvalue weighted by Gasteiger charge is 2.11. The summed E-state index contributed by atoms with van der Waals surface area (Å²) in [6, 6.07) is 20.1. The number of anilines is 1. The van der Waals surface area contributed by atoms with Gasteiger partial charge in [0.1, 0.15) is 18.1 Å². The molecule has 138 valence electrons. The zero-order chi connectivity index (χ0) is 19.2. The average Bonchev–Trinajstić information content (AvgIpc) is 2.68. The predicted molar refractivity (Wildman–Crippen MR) is 108 cm³/mol. The Hall–Kier alpha value is -2.98. The van der Waals surface area contributed by atoms with Crippen molar-refractivity contribution in [1.29, 1.82) is 0 Å². The first-order valence-electron chi connectivity index (χ1n) is 8.48. The molecule has 0 aromatic heterocycles. The van der Waals surface area contributed by atoms with Crippen molar-refractivity contribution >= 4 is 23.2 Å². The van der Waals surface area contributed by atoms with Crippen molar-refractivity contribution in [2.75, 3.05) is 12.4 Å². The smallest absolute Gasteiger partial charge is 0.255 e. The van der Waals surface area contributed by atoms with Gasteiger partial charge in [-0.2, -0.15) is 0 Å². The molecule has 0 unspecified atom stereocenters. The number of rotatable bonds is 6. The van der Waals surface area contributed by atoms with E-state index in [0.29, 0.717) is 28.6 Å². The molecule has 0 saturated heterocycles. The van der Waals surface area contributed by atoms with Crippen molar-refractivity contribution in [3.05, 3.63) is 88.4 Å². The average molecular weight is 382 g/mol. The molecule has 5 heteroatoms. The summed E-state index contributed by atoms with van der Waals surface area (Å²) in [6.07, 6.45) is 0. The predicted octanol–water partition coefficient (Wildman–Crippen LogP) is 5.49. The van der Waals surface area contributed by atoms with Crippen LogP contribution in [0.1, 0.15) is 21.5 Å². The van der Waals surface area contributed by atoms with Crippen LogP contribution in [0.15, 0.2) is 66.7 Å². The highest BCUT2D eigenvalue weighted by molar-refractivity contribution is 6.30. The van der Waals surface area contributed by atoms with E-state index < -0.39 is 0 Å². The van der Waals surface area contributed by atoms with E-state index in [1.54, 1.807) is 49.6 Å². The van der Waals surface area contributed by atoms with Crippen molar-refractivity contribution in [2.24, 2.45) is 0 Å². The Morgan fingerprint density at radius 1 is 1.04 bits per heavy atom. The number of nitrogens with one attached hydrogen (secondary N) is 1. The van der Waals surface area contributed by atoms with E-state index in [0.717, 1.165) is 16.9 Å². The third-order valence-electron chi connectivity index (χ3n) is 4.03. The van der Waals surface area contributed by atoms with Crippen LogP contribution < -0.4 is 14.8 Å². The Morgan fingerprint density at radius 2 is 1.81 bits per heavy atom. The van der Waals surface area contributed by atoms with Crippen molar-refractivity contribution in [1.82, 2.24) is 0 Å². The first kappa shape index (κ1) is 18.8. The molecule has 3 aromatic rings. The lowest BCUT2D eigenvalue weighted by atomic mass is 10.1. The van der Waals surface area contributed by atoms with Crippen molar-refractivity contribution in [3.63, 3.8) is 0 Å². The maximum Gasteiger partial charge on any atom is 0.255 e. The highest BCUT2D eigenvalue weighted by Crippen LogP contribution is 2.23. The van der Waals surface area contributed by atoms with Gasteiger partial charge in [0.05, 0.1) is 7.11 Å². The monoisotopic (exact) mass is 381 g/mol. The fourth-order valence-corrected chi connectivity index (χ4v) is 2.76. The number of methoxy groups -OCH3 is 1. The second-order valence-corrected chi connectivity index (χ2v) is 6.53. The topological polar surface area (TPSA) is 47.6 Å². The molecule has 0 aliphatic rings. The number of benzene rings is 3. The minimum atomic E-state index is -0.211. The standard InChI is InChI=1S/C22H20ClNO3/c1-15-4-3-5-20(12-15)27-14-17-13-16(6-11-21(17)26-2)22(25)24-19-9-7-18(23)8-10-19/h3-13H,14H2,1-2H3,(H,24,25). The Kier molecular flexibility index (Phi) is 5.99. The summed E-state index contributed by atoms with van der Waals surface area (Å²) < 4.78 is 11.3. The molecule has 27 heavy (non-hydrogen) atoms. The van der Waals surface area contributed by atoms with E-state index in [9.17, 15) is 4.79 Å². The second kappa shape index (κ2) is 8.60. The van der Waals surface area contributed by atoms with Gasteiger partial charge >= 0.3 is 0 Å². The molecule has 0 atom stereocenters. The van der Waals surface area contributed by atoms with E-state index in [4.69, 9.17) is 21.1 Å². The van der Waals surface area contributed by atoms with E-state index in [1.165, 1.54) is 0 Å². The third-order valence-corrected chi connectivity index (χ3v) is 4.28. The Balaban J connectivity index is 1.75. The largest absolute Gasteiger partial charge is 0.496 e. The molecule has 0 heterocycles. The summed E-state index contributed by atoms with van der Waals surface area (Å²) in [5, 5.41) is 3.47. The minimum absolute atomic E-state index is 0.211. The van der Waals surface area contributed by atoms with Gasteiger partial charge in [0.15, 0.2) is 0 Å². The summed E-state index contributed by atoms with van der Waals surface area (Å²) in [4.78, 5) is 12.5. The van der Waals surface area contributed by atoms with Gasteiger partial charge < -0.3 is 14.8 Å². The second-order valence-electron chi connectivity index (χ2n) is 6.09. The summed E-state index contributed by atoms with van der Waals surface area (Å²) in [6.45, 7) is 2.31. The molecule has 0 aliphatic carbocycles. The van der Waals surface area contributed by atoms with Crippen LogP contribution >= 0.6 is 11.6 Å². The lowest BCUT2D eigenvalue weighted by molar-refractivity contribution is 0.102. The van der Waals surface area contributed by atoms with Crippen molar-refractivity contribution in [2.45, 2.75) is 13.5 Å². The highest BCUT2D eigenvalue weighted by atomic mass is 35.5. The molecule has 1 amide bonds. The van der Waals surface area contributed by atoms with Gasteiger partial charge in [-0.25, -0.2) is 0 Å². The summed E-state index contributed by atoms with van der Waals surface area (Å²) in [5.41, 5.74) is 3.12. The van der Waals surface area contributed by atoms with Gasteiger partial charge in [-0.15, -0.1) is 0 Å². The molecule has 0 saturated carbocycles. The zero-order valence-corrected chi connectivity index (χ0v) is 15.9. The number of ether oxygens (including phenoxy) is 2. The molecular formula is C22H20ClNO3. The number of aryl methyl sites for hydroxylation is 1. The van der Waals surface area contributed by atoms with Crippen molar-refractivity contribution < 1.29 is 14.3 Å². The summed E-state index contributed by atoms with van der Waals surface area (Å²) in [7, 11) is 1.60. The molecule has 0 spiro atoms. The van der Waals surface area contributed by atoms with Gasteiger partial charge in [0.2, 0.25) is 0 Å². The van der Waals surface area contributed by atoms with E-state index in [1.807, 2.05) is 31.2 Å². The summed E-state index contributed by atoms with van der Waals surface area (Å²) >= 11 is 5.87. The number of carbonyl (C=O) groups excluding carboxylic acids is 1. The van der Waals surface area contributed by atoms with Crippen LogP contribution in [0.2, 0.25) is 5.02 Å². The minimum Gasteiger partial charge on any atom is -0.496 e. The SMILES string of the molecule is COc1ccc(C(=O)Nc2ccc(Cl)cc2)cc1COc1cccc(C)c1. The van der Waals surface area contributed by atoms with E-state index in [-0.39, 0.29) is 5.91 Å². The fraction of sp³-hybridized carbons (Fsp3) is 0.136. The molecule has 0 fully saturated rings. The van der Waals surface area contributed by atoms with Gasteiger partial charge in [0.25, 0.3) is 5.91 Å². The molecule has 4 nitrogen and oxygen atoms in total. The van der Waals surface area contributed by atoms with Crippen LogP contribution in [0.25, 0.3) is 0 Å². The van der Waals surface area contributed by atoms with Gasteiger partial charge in [-0.1, -0.05) is 23.7 Å². The van der Waals surface area contributed by atoms with Crippen molar-refractivity contribution in [3.8, 4) is 11.5 Å². The normalized spacial score (nSPS) is 10.3. The summed E-state index contributed by atoms with van der Waals surface area (Å²) in [5.74, 6) is 1.23. The maximum absolute atomic E-state index is 12.5. The maximum atomic E-state index is 12.5. The van der Waals surface area contributed by atoms with Crippen LogP contribution in [0.5, 0.6) is 11.5 Å². The number of hydrogen-bond acceptors (Lipinski definition) is 3. The Morgan fingerprint density at radius 3 is 2.52 bits per heavy atom. The van der Waals surface area contributed by atoms with Crippen LogP contribution in [-0.2, 0) is 6.61 Å². The molecule has 1 N–H and O–H groups in total. The lowest BCUT2D eigenvalue weighted by Crippen LogP contribution is -2.12. The molecule has 0 bridgehead atoms. The molecule has 3 aromatic carbocycles. The number of halogens is 1. The van der Waals surface area contributed by atoms with Gasteiger partial charge in [-0.05, 0) is 67.1 Å². The molecule has 0 aliphatic heterocycles. The number of carbonyl (C=O) groups is 1. The van der Waals surface area contributed by atoms with Crippen LogP contribution in [0.3, 0.4) is 0 Å². The Bertz CT molecular complexity index is 939. The van der Waals surface area contributed by atoms with Gasteiger partial charge in [0, 0.05) is 21.8 Å². The molecular weight excluding hydrogens is 362 g/mol. The van der Waals surface area contributed by atoms with Crippen LogP contribution in [0, 0.1) is 6.92 Å². The zero-order valence-electron chi connectivity index (χ0n) is 15.2. The fourth-order valence-electron chi connectivity index (χ4n) is 2.64. The first-order valence-corrected chi connectivity index (χ1v) is 8.86. The van der Waals surface area contributed by atoms with Crippen LogP contribution in [0.4, 0.5) is 5.69 Å². The Labute approximate surface area is 163 Å². The van der Waals surface area contributed by atoms with E-state index >= 15 is 0 Å². The molecule has 0 radical (unpaired) electrons. The number of amides is 1. The van der Waals surface area contributed by atoms with E-state index in [2.05, 4.69) is 5.32 Å².